The smallest absolute Gasteiger partial charge is 0.227 e. The monoisotopic (exact) mass is 421 g/mol. The van der Waals surface area contributed by atoms with Crippen LogP contribution in [0.4, 0.5) is 11.9 Å². The molecule has 2 unspecified atom stereocenters. The molecule has 164 valence electrons. The summed E-state index contributed by atoms with van der Waals surface area (Å²) >= 11 is 0. The van der Waals surface area contributed by atoms with E-state index in [4.69, 9.17) is 0 Å². The number of rotatable bonds is 8. The van der Waals surface area contributed by atoms with Crippen molar-refractivity contribution in [2.45, 2.75) is 38.5 Å². The van der Waals surface area contributed by atoms with Crippen LogP contribution in [0.2, 0.25) is 0 Å². The quantitative estimate of drug-likeness (QED) is 0.700. The third kappa shape index (κ3) is 4.94. The lowest BCUT2D eigenvalue weighted by Crippen LogP contribution is -2.42. The first-order valence-corrected chi connectivity index (χ1v) is 11.6. The Balaban J connectivity index is 0.997. The van der Waals surface area contributed by atoms with Gasteiger partial charge in [0.2, 0.25) is 17.8 Å². The van der Waals surface area contributed by atoms with Crippen LogP contribution in [0.5, 0.6) is 0 Å². The van der Waals surface area contributed by atoms with Gasteiger partial charge in [-0.1, -0.05) is 0 Å². The van der Waals surface area contributed by atoms with Gasteiger partial charge in [-0.2, -0.15) is 0 Å². The van der Waals surface area contributed by atoms with Gasteiger partial charge in [0.05, 0.1) is 6.42 Å². The zero-order valence-corrected chi connectivity index (χ0v) is 18.0. The first kappa shape index (κ1) is 20.2. The topological polar surface area (TPSA) is 87.1 Å². The maximum absolute atomic E-state index is 12.0. The number of likely N-dealkylation sites (tertiary alicyclic amines) is 1. The third-order valence-corrected chi connectivity index (χ3v) is 7.03. The van der Waals surface area contributed by atoms with Gasteiger partial charge in [0.1, 0.15) is 0 Å². The number of hydrogen-bond donors (Lipinski definition) is 1. The Morgan fingerprint density at radius 1 is 1.03 bits per heavy atom. The van der Waals surface area contributed by atoms with Gasteiger partial charge in [-0.15, -0.1) is 0 Å². The molecule has 1 amide bonds. The maximum Gasteiger partial charge on any atom is 0.227 e. The second-order valence-electron chi connectivity index (χ2n) is 9.07. The van der Waals surface area contributed by atoms with Crippen LogP contribution in [0.15, 0.2) is 30.9 Å². The van der Waals surface area contributed by atoms with Gasteiger partial charge in [-0.3, -0.25) is 4.79 Å². The molecule has 2 aliphatic heterocycles. The van der Waals surface area contributed by atoms with Gasteiger partial charge in [-0.05, 0) is 61.5 Å². The minimum Gasteiger partial charge on any atom is -0.354 e. The number of hydrogen-bond acceptors (Lipinski definition) is 7. The molecule has 2 saturated heterocycles. The minimum atomic E-state index is 0.178. The van der Waals surface area contributed by atoms with E-state index in [9.17, 15) is 4.79 Å². The summed E-state index contributed by atoms with van der Waals surface area (Å²) in [4.78, 5) is 33.8. The van der Waals surface area contributed by atoms with Crippen LogP contribution in [0, 0.1) is 17.8 Å². The Kier molecular flexibility index (Phi) is 5.95. The van der Waals surface area contributed by atoms with Crippen LogP contribution >= 0.6 is 0 Å². The largest absolute Gasteiger partial charge is 0.354 e. The average molecular weight is 422 g/mol. The van der Waals surface area contributed by atoms with Crippen LogP contribution in [0.3, 0.4) is 0 Å². The van der Waals surface area contributed by atoms with Crippen molar-refractivity contribution >= 4 is 17.8 Å². The minimum absolute atomic E-state index is 0.178. The van der Waals surface area contributed by atoms with Crippen LogP contribution < -0.4 is 10.2 Å². The third-order valence-electron chi connectivity index (χ3n) is 7.03. The first-order chi connectivity index (χ1) is 15.3. The molecule has 2 aromatic heterocycles. The zero-order valence-electron chi connectivity index (χ0n) is 18.0. The molecule has 3 aliphatic rings. The predicted octanol–water partition coefficient (Wildman–Crippen LogP) is 2.40. The van der Waals surface area contributed by atoms with E-state index in [-0.39, 0.29) is 5.91 Å². The molecule has 0 aromatic carbocycles. The normalized spacial score (nSPS) is 23.4. The number of piperidine rings is 1. The standard InChI is InChI=1S/C23H31N7O/c31-21(29-9-2-10-29)13-17-15-27-22(28-16-17)24-8-3-19-14-20(19)18-4-11-30(12-5-18)23-25-6-1-7-26-23/h1,6-7,15-16,18-20H,2-5,8-14H2,(H,24,27,28). The second kappa shape index (κ2) is 9.16. The molecule has 4 heterocycles. The van der Waals surface area contributed by atoms with Gasteiger partial charge >= 0.3 is 0 Å². The van der Waals surface area contributed by atoms with Crippen molar-refractivity contribution in [3.63, 3.8) is 0 Å². The summed E-state index contributed by atoms with van der Waals surface area (Å²) in [5.41, 5.74) is 0.886. The molecule has 2 atom stereocenters. The highest BCUT2D eigenvalue weighted by Crippen LogP contribution is 2.49. The summed E-state index contributed by atoms with van der Waals surface area (Å²) in [6.07, 6.45) is 13.7. The number of nitrogens with zero attached hydrogens (tertiary/aromatic N) is 6. The SMILES string of the molecule is O=C(Cc1cnc(NCCC2CC2C2CCN(c3ncccn3)CC2)nc1)N1CCC1. The molecule has 1 saturated carbocycles. The zero-order chi connectivity index (χ0) is 21.0. The number of anilines is 2. The molecule has 8 nitrogen and oxygen atoms in total. The maximum atomic E-state index is 12.0. The summed E-state index contributed by atoms with van der Waals surface area (Å²) in [5.74, 6) is 4.24. The van der Waals surface area contributed by atoms with Gasteiger partial charge < -0.3 is 15.1 Å². The highest BCUT2D eigenvalue weighted by atomic mass is 16.2. The van der Waals surface area contributed by atoms with E-state index in [1.807, 2.05) is 23.4 Å². The lowest BCUT2D eigenvalue weighted by molar-refractivity contribution is -0.133. The van der Waals surface area contributed by atoms with E-state index >= 15 is 0 Å². The number of amides is 1. The van der Waals surface area contributed by atoms with E-state index in [1.54, 1.807) is 12.4 Å². The Hall–Kier alpha value is -2.77. The van der Waals surface area contributed by atoms with Crippen molar-refractivity contribution in [3.8, 4) is 0 Å². The van der Waals surface area contributed by atoms with Gasteiger partial charge in [0, 0.05) is 57.5 Å². The lowest BCUT2D eigenvalue weighted by Gasteiger charge is -2.32. The van der Waals surface area contributed by atoms with E-state index < -0.39 is 0 Å². The molecule has 2 aromatic rings. The molecule has 0 spiro atoms. The Morgan fingerprint density at radius 2 is 1.77 bits per heavy atom. The molecule has 5 rings (SSSR count). The molecular formula is C23H31N7O. The van der Waals surface area contributed by atoms with Gasteiger partial charge in [0.15, 0.2) is 0 Å². The second-order valence-corrected chi connectivity index (χ2v) is 9.07. The number of nitrogens with one attached hydrogen (secondary N) is 1. The van der Waals surface area contributed by atoms with Crippen LogP contribution in [-0.4, -0.2) is 63.5 Å². The highest BCUT2D eigenvalue weighted by molar-refractivity contribution is 5.79. The van der Waals surface area contributed by atoms with Crippen molar-refractivity contribution in [1.29, 1.82) is 0 Å². The predicted molar refractivity (Wildman–Crippen MR) is 119 cm³/mol. The molecule has 1 aliphatic carbocycles. The van der Waals surface area contributed by atoms with Crippen molar-refractivity contribution in [3.05, 3.63) is 36.4 Å². The Labute approximate surface area is 183 Å². The Bertz CT molecular complexity index is 863. The fourth-order valence-corrected chi connectivity index (χ4v) is 4.92. The lowest BCUT2D eigenvalue weighted by atomic mass is 9.90. The first-order valence-electron chi connectivity index (χ1n) is 11.6. The average Bonchev–Trinajstić information content (AvgIpc) is 3.54. The number of aromatic nitrogens is 4. The summed E-state index contributed by atoms with van der Waals surface area (Å²) in [7, 11) is 0. The summed E-state index contributed by atoms with van der Waals surface area (Å²) in [6.45, 7) is 4.82. The fourth-order valence-electron chi connectivity index (χ4n) is 4.92. The molecule has 0 radical (unpaired) electrons. The number of carbonyl (C=O) groups is 1. The summed E-state index contributed by atoms with van der Waals surface area (Å²) < 4.78 is 0. The molecule has 8 heteroatoms. The molecule has 3 fully saturated rings. The van der Waals surface area contributed by atoms with E-state index in [0.717, 1.165) is 68.4 Å². The van der Waals surface area contributed by atoms with Gasteiger partial charge in [0.25, 0.3) is 0 Å². The van der Waals surface area contributed by atoms with Crippen molar-refractivity contribution in [1.82, 2.24) is 24.8 Å². The molecular weight excluding hydrogens is 390 g/mol. The molecule has 31 heavy (non-hydrogen) atoms. The van der Waals surface area contributed by atoms with Crippen LogP contribution in [-0.2, 0) is 11.2 Å². The summed E-state index contributed by atoms with van der Waals surface area (Å²) in [5, 5.41) is 3.35. The fraction of sp³-hybridized carbons (Fsp3) is 0.609. The van der Waals surface area contributed by atoms with E-state index in [1.165, 1.54) is 25.7 Å². The highest BCUT2D eigenvalue weighted by Gasteiger charge is 2.43. The molecule has 0 bridgehead atoms. The van der Waals surface area contributed by atoms with E-state index in [2.05, 4.69) is 30.2 Å². The summed E-state index contributed by atoms with van der Waals surface area (Å²) in [6, 6.07) is 1.87. The van der Waals surface area contributed by atoms with Crippen molar-refractivity contribution in [2.75, 3.05) is 42.9 Å². The Morgan fingerprint density at radius 3 is 2.45 bits per heavy atom. The van der Waals surface area contributed by atoms with Gasteiger partial charge in [-0.25, -0.2) is 19.9 Å². The number of carbonyl (C=O) groups excluding carboxylic acids is 1. The molecule has 1 N–H and O–H groups in total. The van der Waals surface area contributed by atoms with E-state index in [0.29, 0.717) is 12.4 Å². The van der Waals surface area contributed by atoms with Crippen molar-refractivity contribution < 1.29 is 4.79 Å². The van der Waals surface area contributed by atoms with Crippen LogP contribution in [0.25, 0.3) is 0 Å². The van der Waals surface area contributed by atoms with Crippen molar-refractivity contribution in [2.24, 2.45) is 17.8 Å². The van der Waals surface area contributed by atoms with Crippen LogP contribution in [0.1, 0.15) is 37.7 Å².